The first-order chi connectivity index (χ1) is 7.65. The van der Waals surface area contributed by atoms with Crippen LogP contribution in [0.5, 0.6) is 0 Å². The lowest BCUT2D eigenvalue weighted by Crippen LogP contribution is -2.32. The van der Waals surface area contributed by atoms with Crippen LogP contribution in [0.25, 0.3) is 0 Å². The van der Waals surface area contributed by atoms with Gasteiger partial charge in [-0.05, 0) is 25.1 Å². The summed E-state index contributed by atoms with van der Waals surface area (Å²) in [6, 6.07) is 6.77. The zero-order valence-corrected chi connectivity index (χ0v) is 9.22. The predicted molar refractivity (Wildman–Crippen MR) is 62.7 cm³/mol. The van der Waals surface area contributed by atoms with Gasteiger partial charge >= 0.3 is 6.09 Å². The number of ether oxygens (including phenoxy) is 1. The lowest BCUT2D eigenvalue weighted by molar-refractivity contribution is 0.150. The van der Waals surface area contributed by atoms with Gasteiger partial charge in [0.2, 0.25) is 0 Å². The highest BCUT2D eigenvalue weighted by atomic mass is 16.5. The Morgan fingerprint density at radius 3 is 2.88 bits per heavy atom. The SMILES string of the molecule is CCOCCN(C(=O)O)c1cccc(N)c1. The molecule has 0 aliphatic rings. The Bertz CT molecular complexity index is 355. The summed E-state index contributed by atoms with van der Waals surface area (Å²) in [6.45, 7) is 3.11. The molecule has 16 heavy (non-hydrogen) atoms. The van der Waals surface area contributed by atoms with Crippen LogP contribution >= 0.6 is 0 Å². The molecule has 0 fully saturated rings. The van der Waals surface area contributed by atoms with Crippen molar-refractivity contribution in [2.45, 2.75) is 6.92 Å². The van der Waals surface area contributed by atoms with Crippen LogP contribution in [0.15, 0.2) is 24.3 Å². The van der Waals surface area contributed by atoms with Crippen LogP contribution in [0.3, 0.4) is 0 Å². The van der Waals surface area contributed by atoms with Gasteiger partial charge < -0.3 is 15.6 Å². The maximum Gasteiger partial charge on any atom is 0.411 e. The molecule has 0 bridgehead atoms. The van der Waals surface area contributed by atoms with E-state index >= 15 is 0 Å². The second-order valence-corrected chi connectivity index (χ2v) is 3.23. The molecule has 0 atom stereocenters. The maximum atomic E-state index is 11.0. The van der Waals surface area contributed by atoms with Crippen molar-refractivity contribution in [2.24, 2.45) is 0 Å². The minimum Gasteiger partial charge on any atom is -0.465 e. The highest BCUT2D eigenvalue weighted by molar-refractivity contribution is 5.86. The topological polar surface area (TPSA) is 75.8 Å². The Morgan fingerprint density at radius 2 is 2.31 bits per heavy atom. The molecule has 0 aliphatic heterocycles. The largest absolute Gasteiger partial charge is 0.465 e. The molecule has 0 aromatic heterocycles. The van der Waals surface area contributed by atoms with Crippen molar-refractivity contribution in [3.05, 3.63) is 24.3 Å². The Balaban J connectivity index is 2.73. The fourth-order valence-corrected chi connectivity index (χ4v) is 1.33. The third-order valence-corrected chi connectivity index (χ3v) is 2.08. The number of rotatable bonds is 5. The molecular formula is C11H16N2O3. The molecule has 5 nitrogen and oxygen atoms in total. The first-order valence-electron chi connectivity index (χ1n) is 5.09. The zero-order chi connectivity index (χ0) is 12.0. The molecule has 1 rings (SSSR count). The summed E-state index contributed by atoms with van der Waals surface area (Å²) in [5, 5.41) is 9.05. The van der Waals surface area contributed by atoms with Crippen molar-refractivity contribution < 1.29 is 14.6 Å². The van der Waals surface area contributed by atoms with Gasteiger partial charge in [0.1, 0.15) is 0 Å². The minimum atomic E-state index is -1.01. The summed E-state index contributed by atoms with van der Waals surface area (Å²) in [4.78, 5) is 12.2. The number of carboxylic acid groups (broad SMARTS) is 1. The van der Waals surface area contributed by atoms with Crippen molar-refractivity contribution in [2.75, 3.05) is 30.4 Å². The Morgan fingerprint density at radius 1 is 1.56 bits per heavy atom. The molecule has 1 aromatic carbocycles. The van der Waals surface area contributed by atoms with E-state index in [0.717, 1.165) is 0 Å². The normalized spacial score (nSPS) is 10.1. The second kappa shape index (κ2) is 5.97. The maximum absolute atomic E-state index is 11.0. The molecule has 88 valence electrons. The van der Waals surface area contributed by atoms with Crippen molar-refractivity contribution in [3.63, 3.8) is 0 Å². The Kier molecular flexibility index (Phi) is 4.60. The highest BCUT2D eigenvalue weighted by Gasteiger charge is 2.13. The van der Waals surface area contributed by atoms with Crippen LogP contribution in [0.1, 0.15) is 6.92 Å². The number of nitrogens with zero attached hydrogens (tertiary/aromatic N) is 1. The van der Waals surface area contributed by atoms with E-state index in [1.165, 1.54) is 4.90 Å². The summed E-state index contributed by atoms with van der Waals surface area (Å²) in [7, 11) is 0. The molecule has 0 saturated carbocycles. The predicted octanol–water partition coefficient (Wildman–Crippen LogP) is 1.79. The van der Waals surface area contributed by atoms with Gasteiger partial charge in [-0.25, -0.2) is 4.79 Å². The van der Waals surface area contributed by atoms with Gasteiger partial charge in [-0.1, -0.05) is 6.07 Å². The van der Waals surface area contributed by atoms with Gasteiger partial charge in [0.05, 0.1) is 13.2 Å². The smallest absolute Gasteiger partial charge is 0.411 e. The average Bonchev–Trinajstić information content (AvgIpc) is 2.24. The highest BCUT2D eigenvalue weighted by Crippen LogP contribution is 2.17. The summed E-state index contributed by atoms with van der Waals surface area (Å²) in [5.74, 6) is 0. The first-order valence-corrected chi connectivity index (χ1v) is 5.09. The lowest BCUT2D eigenvalue weighted by atomic mass is 10.2. The Labute approximate surface area is 94.4 Å². The van der Waals surface area contributed by atoms with Crippen LogP contribution in [0.2, 0.25) is 0 Å². The first kappa shape index (κ1) is 12.3. The quantitative estimate of drug-likeness (QED) is 0.590. The van der Waals surface area contributed by atoms with Gasteiger partial charge in [-0.3, -0.25) is 4.90 Å². The Hall–Kier alpha value is -1.75. The molecule has 0 unspecified atom stereocenters. The molecule has 1 aromatic rings. The van der Waals surface area contributed by atoms with Crippen molar-refractivity contribution in [1.82, 2.24) is 0 Å². The van der Waals surface area contributed by atoms with E-state index in [4.69, 9.17) is 15.6 Å². The van der Waals surface area contributed by atoms with E-state index in [1.54, 1.807) is 24.3 Å². The van der Waals surface area contributed by atoms with E-state index in [0.29, 0.717) is 31.1 Å². The fraction of sp³-hybridized carbons (Fsp3) is 0.364. The molecular weight excluding hydrogens is 208 g/mol. The molecule has 0 spiro atoms. The molecule has 0 heterocycles. The van der Waals surface area contributed by atoms with Gasteiger partial charge in [-0.15, -0.1) is 0 Å². The van der Waals surface area contributed by atoms with Gasteiger partial charge in [0.15, 0.2) is 0 Å². The van der Waals surface area contributed by atoms with Crippen molar-refractivity contribution in [1.29, 1.82) is 0 Å². The summed E-state index contributed by atoms with van der Waals surface area (Å²) >= 11 is 0. The van der Waals surface area contributed by atoms with Gasteiger partial charge in [-0.2, -0.15) is 0 Å². The molecule has 5 heteroatoms. The summed E-state index contributed by atoms with van der Waals surface area (Å²) in [6.07, 6.45) is -1.01. The molecule has 0 radical (unpaired) electrons. The molecule has 0 saturated heterocycles. The van der Waals surface area contributed by atoms with Crippen LogP contribution in [-0.2, 0) is 4.74 Å². The van der Waals surface area contributed by atoms with Crippen LogP contribution < -0.4 is 10.6 Å². The molecule has 0 aliphatic carbocycles. The summed E-state index contributed by atoms with van der Waals surface area (Å²) in [5.41, 5.74) is 6.70. The average molecular weight is 224 g/mol. The number of carbonyl (C=O) groups is 1. The number of hydrogen-bond donors (Lipinski definition) is 2. The second-order valence-electron chi connectivity index (χ2n) is 3.23. The van der Waals surface area contributed by atoms with E-state index in [9.17, 15) is 4.79 Å². The monoisotopic (exact) mass is 224 g/mol. The van der Waals surface area contributed by atoms with Crippen LogP contribution in [-0.4, -0.2) is 31.0 Å². The molecule has 1 amide bonds. The molecule has 3 N–H and O–H groups in total. The standard InChI is InChI=1S/C11H16N2O3/c1-2-16-7-6-13(11(14)15)10-5-3-4-9(12)8-10/h3-5,8H,2,6-7,12H2,1H3,(H,14,15). The third kappa shape index (κ3) is 3.43. The van der Waals surface area contributed by atoms with Crippen molar-refractivity contribution in [3.8, 4) is 0 Å². The van der Waals surface area contributed by atoms with E-state index in [-0.39, 0.29) is 0 Å². The van der Waals surface area contributed by atoms with Gasteiger partial charge in [0, 0.05) is 18.0 Å². The lowest BCUT2D eigenvalue weighted by Gasteiger charge is -2.19. The van der Waals surface area contributed by atoms with E-state index in [2.05, 4.69) is 0 Å². The van der Waals surface area contributed by atoms with Crippen molar-refractivity contribution >= 4 is 17.5 Å². The minimum absolute atomic E-state index is 0.298. The van der Waals surface area contributed by atoms with Gasteiger partial charge in [0.25, 0.3) is 0 Å². The fourth-order valence-electron chi connectivity index (χ4n) is 1.33. The number of nitrogens with two attached hydrogens (primary N) is 1. The number of hydrogen-bond acceptors (Lipinski definition) is 3. The van der Waals surface area contributed by atoms with Crippen LogP contribution in [0.4, 0.5) is 16.2 Å². The summed E-state index contributed by atoms with van der Waals surface area (Å²) < 4.78 is 5.13. The van der Waals surface area contributed by atoms with E-state index < -0.39 is 6.09 Å². The number of amides is 1. The third-order valence-electron chi connectivity index (χ3n) is 2.08. The number of nitrogen functional groups attached to an aromatic ring is 1. The van der Waals surface area contributed by atoms with E-state index in [1.807, 2.05) is 6.92 Å². The zero-order valence-electron chi connectivity index (χ0n) is 9.22. The van der Waals surface area contributed by atoms with Crippen LogP contribution in [0, 0.1) is 0 Å². The number of benzene rings is 1. The number of anilines is 2.